The monoisotopic (exact) mass is 372 g/mol. The lowest BCUT2D eigenvalue weighted by Crippen LogP contribution is -2.29. The largest absolute Gasteiger partial charge is 0.326 e. The molecule has 2 aromatic carbocycles. The van der Waals surface area contributed by atoms with Crippen LogP contribution in [0, 0.1) is 11.8 Å². The first-order valence-electron chi connectivity index (χ1n) is 7.45. The second-order valence-electron chi connectivity index (χ2n) is 5.68. The van der Waals surface area contributed by atoms with E-state index < -0.39 is 0 Å². The Balaban J connectivity index is 1.60. The van der Waals surface area contributed by atoms with Gasteiger partial charge in [0.05, 0.1) is 11.8 Å². The minimum absolute atomic E-state index is 0.00871. The molecule has 0 aromatic heterocycles. The van der Waals surface area contributed by atoms with Crippen molar-refractivity contribution in [2.24, 2.45) is 11.8 Å². The summed E-state index contributed by atoms with van der Waals surface area (Å²) in [6.45, 7) is 0. The van der Waals surface area contributed by atoms with E-state index in [1.165, 1.54) is 0 Å². The fourth-order valence-corrected chi connectivity index (χ4v) is 2.99. The molecular weight excluding hydrogens is 356 g/mol. The van der Waals surface area contributed by atoms with Crippen molar-refractivity contribution in [2.45, 2.75) is 6.42 Å². The Morgan fingerprint density at radius 1 is 1.09 bits per heavy atom. The number of anilines is 2. The Labute approximate surface area is 143 Å². The van der Waals surface area contributed by atoms with Crippen molar-refractivity contribution in [3.05, 3.63) is 59.1 Å². The summed E-state index contributed by atoms with van der Waals surface area (Å²) in [5.74, 6) is -0.575. The van der Waals surface area contributed by atoms with Crippen LogP contribution in [0.15, 0.2) is 59.1 Å². The van der Waals surface area contributed by atoms with Crippen molar-refractivity contribution in [3.63, 3.8) is 0 Å². The van der Waals surface area contributed by atoms with Crippen molar-refractivity contribution in [1.29, 1.82) is 0 Å². The van der Waals surface area contributed by atoms with Crippen LogP contribution in [0.2, 0.25) is 0 Å². The van der Waals surface area contributed by atoms with Crippen LogP contribution in [0.3, 0.4) is 0 Å². The number of carbonyl (C=O) groups is 2. The van der Waals surface area contributed by atoms with Crippen LogP contribution in [-0.4, -0.2) is 18.9 Å². The van der Waals surface area contributed by atoms with Crippen molar-refractivity contribution in [1.82, 2.24) is 0 Å². The van der Waals surface area contributed by atoms with Gasteiger partial charge in [-0.15, -0.1) is 0 Å². The van der Waals surface area contributed by atoms with E-state index in [4.69, 9.17) is 0 Å². The highest BCUT2D eigenvalue weighted by Gasteiger charge is 2.49. The van der Waals surface area contributed by atoms with Gasteiger partial charge in [0.1, 0.15) is 0 Å². The van der Waals surface area contributed by atoms with Crippen LogP contribution >= 0.6 is 15.9 Å². The molecule has 2 aromatic rings. The molecule has 5 heteroatoms. The molecule has 0 heterocycles. The van der Waals surface area contributed by atoms with Gasteiger partial charge in [0.2, 0.25) is 11.8 Å². The summed E-state index contributed by atoms with van der Waals surface area (Å²) in [6, 6.07) is 16.9. The van der Waals surface area contributed by atoms with Crippen LogP contribution in [0.4, 0.5) is 11.4 Å². The molecule has 1 saturated carbocycles. The number of nitrogens with zero attached hydrogens (tertiary/aromatic N) is 1. The fraction of sp³-hybridized carbons (Fsp3) is 0.222. The number of amides is 2. The number of carbonyl (C=O) groups excluding carboxylic acids is 2. The first kappa shape index (κ1) is 15.7. The molecule has 1 fully saturated rings. The van der Waals surface area contributed by atoms with E-state index in [1.807, 2.05) is 54.6 Å². The van der Waals surface area contributed by atoms with Gasteiger partial charge < -0.3 is 10.2 Å². The Hall–Kier alpha value is -2.14. The van der Waals surface area contributed by atoms with Crippen molar-refractivity contribution >= 4 is 39.1 Å². The lowest BCUT2D eigenvalue weighted by Gasteiger charge is -2.17. The first-order chi connectivity index (χ1) is 11.1. The average molecular weight is 373 g/mol. The third-order valence-electron chi connectivity index (χ3n) is 4.01. The minimum Gasteiger partial charge on any atom is -0.326 e. The van der Waals surface area contributed by atoms with Crippen LogP contribution < -0.4 is 10.2 Å². The van der Waals surface area contributed by atoms with Gasteiger partial charge in [-0.1, -0.05) is 40.2 Å². The summed E-state index contributed by atoms with van der Waals surface area (Å²) >= 11 is 3.37. The molecule has 4 nitrogen and oxygen atoms in total. The standard InChI is InChI=1S/C18H17BrN2O2/c1-21(14-8-3-2-4-9-14)18(23)16-11-15(16)17(22)20-13-7-5-6-12(19)10-13/h2-10,15-16H,11H2,1H3,(H,20,22). The van der Waals surface area contributed by atoms with E-state index in [1.54, 1.807) is 11.9 Å². The average Bonchev–Trinajstić information content (AvgIpc) is 3.35. The maximum absolute atomic E-state index is 12.5. The van der Waals surface area contributed by atoms with Crippen LogP contribution in [-0.2, 0) is 9.59 Å². The van der Waals surface area contributed by atoms with Gasteiger partial charge in [0.25, 0.3) is 0 Å². The van der Waals surface area contributed by atoms with Gasteiger partial charge in [-0.3, -0.25) is 9.59 Å². The van der Waals surface area contributed by atoms with Crippen molar-refractivity contribution < 1.29 is 9.59 Å². The molecule has 0 radical (unpaired) electrons. The number of para-hydroxylation sites is 1. The molecule has 0 saturated heterocycles. The molecule has 0 bridgehead atoms. The van der Waals surface area contributed by atoms with Crippen molar-refractivity contribution in [3.8, 4) is 0 Å². The topological polar surface area (TPSA) is 49.4 Å². The number of benzene rings is 2. The number of rotatable bonds is 4. The first-order valence-corrected chi connectivity index (χ1v) is 8.24. The maximum Gasteiger partial charge on any atom is 0.230 e. The molecule has 23 heavy (non-hydrogen) atoms. The molecule has 2 atom stereocenters. The summed E-state index contributed by atoms with van der Waals surface area (Å²) < 4.78 is 0.905. The lowest BCUT2D eigenvalue weighted by atomic mass is 10.2. The van der Waals surface area contributed by atoms with Gasteiger partial charge in [0, 0.05) is 22.9 Å². The zero-order chi connectivity index (χ0) is 16.4. The Morgan fingerprint density at radius 3 is 2.52 bits per heavy atom. The van der Waals surface area contributed by atoms with Crippen molar-refractivity contribution in [2.75, 3.05) is 17.3 Å². The van der Waals surface area contributed by atoms with Gasteiger partial charge >= 0.3 is 0 Å². The van der Waals surface area contributed by atoms with Crippen LogP contribution in [0.25, 0.3) is 0 Å². The smallest absolute Gasteiger partial charge is 0.230 e. The predicted octanol–water partition coefficient (Wildman–Crippen LogP) is 3.69. The molecule has 3 rings (SSSR count). The van der Waals surface area contributed by atoms with Crippen LogP contribution in [0.1, 0.15) is 6.42 Å². The molecule has 118 valence electrons. The molecule has 0 aliphatic heterocycles. The molecule has 1 N–H and O–H groups in total. The Bertz CT molecular complexity index is 733. The SMILES string of the molecule is CN(C(=O)C1CC1C(=O)Nc1cccc(Br)c1)c1ccccc1. The minimum atomic E-state index is -0.243. The highest BCUT2D eigenvalue weighted by molar-refractivity contribution is 9.10. The van der Waals surface area contributed by atoms with E-state index in [0.29, 0.717) is 6.42 Å². The summed E-state index contributed by atoms with van der Waals surface area (Å²) in [5, 5.41) is 2.87. The quantitative estimate of drug-likeness (QED) is 0.889. The zero-order valence-corrected chi connectivity index (χ0v) is 14.3. The van der Waals surface area contributed by atoms with Gasteiger partial charge in [-0.25, -0.2) is 0 Å². The Morgan fingerprint density at radius 2 is 1.83 bits per heavy atom. The predicted molar refractivity (Wildman–Crippen MR) is 94.2 cm³/mol. The van der Waals surface area contributed by atoms with Gasteiger partial charge in [-0.05, 0) is 36.8 Å². The lowest BCUT2D eigenvalue weighted by molar-refractivity contribution is -0.123. The molecule has 2 amide bonds. The highest BCUT2D eigenvalue weighted by atomic mass is 79.9. The summed E-state index contributed by atoms with van der Waals surface area (Å²) in [4.78, 5) is 26.4. The fourth-order valence-electron chi connectivity index (χ4n) is 2.59. The highest BCUT2D eigenvalue weighted by Crippen LogP contribution is 2.41. The number of hydrogen-bond acceptors (Lipinski definition) is 2. The summed E-state index contributed by atoms with van der Waals surface area (Å²) in [6.07, 6.45) is 0.607. The molecular formula is C18H17BrN2O2. The molecule has 1 aliphatic rings. The Kier molecular flexibility index (Phi) is 4.48. The second kappa shape index (κ2) is 6.54. The van der Waals surface area contributed by atoms with E-state index in [9.17, 15) is 9.59 Å². The van der Waals surface area contributed by atoms with E-state index in [2.05, 4.69) is 21.2 Å². The van der Waals surface area contributed by atoms with E-state index >= 15 is 0 Å². The van der Waals surface area contributed by atoms with Gasteiger partial charge in [-0.2, -0.15) is 0 Å². The number of nitrogens with one attached hydrogen (secondary N) is 1. The summed E-state index contributed by atoms with van der Waals surface area (Å²) in [7, 11) is 1.75. The molecule has 2 unspecified atom stereocenters. The number of halogens is 1. The van der Waals surface area contributed by atoms with Crippen LogP contribution in [0.5, 0.6) is 0 Å². The second-order valence-corrected chi connectivity index (χ2v) is 6.60. The van der Waals surface area contributed by atoms with E-state index in [0.717, 1.165) is 15.8 Å². The zero-order valence-electron chi connectivity index (χ0n) is 12.7. The van der Waals surface area contributed by atoms with E-state index in [-0.39, 0.29) is 23.7 Å². The number of hydrogen-bond donors (Lipinski definition) is 1. The van der Waals surface area contributed by atoms with Gasteiger partial charge in [0.15, 0.2) is 0 Å². The third kappa shape index (κ3) is 3.62. The maximum atomic E-state index is 12.5. The third-order valence-corrected chi connectivity index (χ3v) is 4.50. The molecule has 1 aliphatic carbocycles. The molecule has 0 spiro atoms. The normalized spacial score (nSPS) is 19.0. The summed E-state index contributed by atoms with van der Waals surface area (Å²) in [5.41, 5.74) is 1.58.